The van der Waals surface area contributed by atoms with Crippen LogP contribution in [-0.4, -0.2) is 53.2 Å². The Bertz CT molecular complexity index is 950. The summed E-state index contributed by atoms with van der Waals surface area (Å²) >= 11 is 0. The molecule has 7 nitrogen and oxygen atoms in total. The molecule has 2 aromatic rings. The van der Waals surface area contributed by atoms with Crippen molar-refractivity contribution in [3.05, 3.63) is 70.8 Å². The number of hydrogen-bond acceptors (Lipinski definition) is 5. The van der Waals surface area contributed by atoms with Crippen molar-refractivity contribution in [1.82, 2.24) is 9.80 Å². The molecule has 3 rings (SSSR count). The molecule has 0 saturated carbocycles. The molecule has 0 fully saturated rings. The van der Waals surface area contributed by atoms with Crippen molar-refractivity contribution >= 4 is 23.7 Å². The fraction of sp³-hybridized carbons (Fsp3) is 0.273. The summed E-state index contributed by atoms with van der Waals surface area (Å²) in [7, 11) is 1.62. The van der Waals surface area contributed by atoms with Gasteiger partial charge in [0.05, 0.1) is 11.1 Å². The summed E-state index contributed by atoms with van der Waals surface area (Å²) in [6.45, 7) is 3.29. The number of benzene rings is 2. The van der Waals surface area contributed by atoms with Crippen LogP contribution in [0.1, 0.15) is 38.8 Å². The number of hydrogen-bond donors (Lipinski definition) is 0. The van der Waals surface area contributed by atoms with Crippen LogP contribution in [0.2, 0.25) is 0 Å². The molecule has 150 valence electrons. The SMILES string of the molecule is Cc1ccccc1CN(C)C(=O)COC(=O)[C@@H](C)N1C(=O)c2ccccc2C1=O. The number of fused-ring (bicyclic) bond motifs is 1. The summed E-state index contributed by atoms with van der Waals surface area (Å²) in [5, 5.41) is 0. The molecule has 0 spiro atoms. The zero-order valence-electron chi connectivity index (χ0n) is 16.5. The second kappa shape index (κ2) is 8.26. The molecule has 1 heterocycles. The predicted octanol–water partition coefficient (Wildman–Crippen LogP) is 2.18. The molecule has 1 atom stereocenters. The molecule has 0 bridgehead atoms. The molecule has 1 aliphatic rings. The number of nitrogens with zero attached hydrogens (tertiary/aromatic N) is 2. The summed E-state index contributed by atoms with van der Waals surface area (Å²) in [5.41, 5.74) is 2.56. The van der Waals surface area contributed by atoms with Gasteiger partial charge in [0.2, 0.25) is 0 Å². The number of aryl methyl sites for hydroxylation is 1. The van der Waals surface area contributed by atoms with E-state index in [9.17, 15) is 19.2 Å². The zero-order chi connectivity index (χ0) is 21.1. The fourth-order valence-corrected chi connectivity index (χ4v) is 3.16. The van der Waals surface area contributed by atoms with Crippen molar-refractivity contribution in [3.63, 3.8) is 0 Å². The number of carbonyl (C=O) groups excluding carboxylic acids is 4. The van der Waals surface area contributed by atoms with Gasteiger partial charge in [0, 0.05) is 13.6 Å². The molecule has 1 aliphatic heterocycles. The van der Waals surface area contributed by atoms with Crippen LogP contribution < -0.4 is 0 Å². The smallest absolute Gasteiger partial charge is 0.329 e. The summed E-state index contributed by atoms with van der Waals surface area (Å²) < 4.78 is 5.09. The minimum Gasteiger partial charge on any atom is -0.454 e. The van der Waals surface area contributed by atoms with Gasteiger partial charge in [-0.3, -0.25) is 19.3 Å². The van der Waals surface area contributed by atoms with Crippen LogP contribution in [-0.2, 0) is 20.9 Å². The summed E-state index contributed by atoms with van der Waals surface area (Å²) in [6.07, 6.45) is 0. The van der Waals surface area contributed by atoms with Crippen molar-refractivity contribution in [1.29, 1.82) is 0 Å². The summed E-state index contributed by atoms with van der Waals surface area (Å²) in [6, 6.07) is 13.0. The van der Waals surface area contributed by atoms with E-state index < -0.39 is 30.4 Å². The molecule has 0 unspecified atom stereocenters. The van der Waals surface area contributed by atoms with Gasteiger partial charge in [-0.25, -0.2) is 4.79 Å². The topological polar surface area (TPSA) is 84.0 Å². The number of carbonyl (C=O) groups is 4. The molecule has 2 aromatic carbocycles. The minimum atomic E-state index is -1.13. The number of amides is 3. The Morgan fingerprint density at radius 1 is 1.00 bits per heavy atom. The predicted molar refractivity (Wildman–Crippen MR) is 105 cm³/mol. The third-order valence-electron chi connectivity index (χ3n) is 4.99. The highest BCUT2D eigenvalue weighted by atomic mass is 16.5. The fourth-order valence-electron chi connectivity index (χ4n) is 3.16. The molecular weight excluding hydrogens is 372 g/mol. The van der Waals surface area contributed by atoms with Crippen molar-refractivity contribution in [2.45, 2.75) is 26.4 Å². The van der Waals surface area contributed by atoms with Gasteiger partial charge in [-0.2, -0.15) is 0 Å². The van der Waals surface area contributed by atoms with Crippen LogP contribution in [0, 0.1) is 6.92 Å². The van der Waals surface area contributed by atoms with Gasteiger partial charge in [-0.1, -0.05) is 36.4 Å². The van der Waals surface area contributed by atoms with E-state index in [1.54, 1.807) is 19.2 Å². The van der Waals surface area contributed by atoms with Gasteiger partial charge in [-0.15, -0.1) is 0 Å². The highest BCUT2D eigenvalue weighted by Gasteiger charge is 2.41. The summed E-state index contributed by atoms with van der Waals surface area (Å²) in [4.78, 5) is 51.9. The number of ether oxygens (including phenoxy) is 1. The Balaban J connectivity index is 1.58. The average Bonchev–Trinajstić information content (AvgIpc) is 2.97. The minimum absolute atomic E-state index is 0.256. The van der Waals surface area contributed by atoms with E-state index >= 15 is 0 Å². The van der Waals surface area contributed by atoms with Crippen molar-refractivity contribution in [3.8, 4) is 0 Å². The standard InChI is InChI=1S/C22H22N2O5/c1-14-8-4-5-9-16(14)12-23(3)19(25)13-29-22(28)15(2)24-20(26)17-10-6-7-11-18(17)21(24)27/h4-11,15H,12-13H2,1-3H3/t15-/m1/s1. The Morgan fingerprint density at radius 2 is 1.55 bits per heavy atom. The van der Waals surface area contributed by atoms with E-state index in [-0.39, 0.29) is 17.0 Å². The van der Waals surface area contributed by atoms with Crippen LogP contribution in [0.3, 0.4) is 0 Å². The second-order valence-electron chi connectivity index (χ2n) is 6.99. The van der Waals surface area contributed by atoms with Crippen molar-refractivity contribution < 1.29 is 23.9 Å². The Kier molecular flexibility index (Phi) is 5.77. The van der Waals surface area contributed by atoms with Gasteiger partial charge >= 0.3 is 5.97 Å². The number of imide groups is 1. The number of likely N-dealkylation sites (N-methyl/N-ethyl adjacent to an activating group) is 1. The second-order valence-corrected chi connectivity index (χ2v) is 6.99. The first-order valence-corrected chi connectivity index (χ1v) is 9.23. The first-order valence-electron chi connectivity index (χ1n) is 9.23. The van der Waals surface area contributed by atoms with Gasteiger partial charge in [-0.05, 0) is 37.1 Å². The average molecular weight is 394 g/mol. The highest BCUT2D eigenvalue weighted by Crippen LogP contribution is 2.24. The molecule has 7 heteroatoms. The highest BCUT2D eigenvalue weighted by molar-refractivity contribution is 6.22. The normalized spacial score (nSPS) is 13.8. The molecule has 0 aromatic heterocycles. The molecule has 0 N–H and O–H groups in total. The van der Waals surface area contributed by atoms with Crippen molar-refractivity contribution in [2.24, 2.45) is 0 Å². The van der Waals surface area contributed by atoms with Gasteiger partial charge < -0.3 is 9.64 Å². The van der Waals surface area contributed by atoms with Gasteiger partial charge in [0.15, 0.2) is 6.61 Å². The van der Waals surface area contributed by atoms with E-state index in [0.29, 0.717) is 6.54 Å². The van der Waals surface area contributed by atoms with Crippen LogP contribution in [0.25, 0.3) is 0 Å². The van der Waals surface area contributed by atoms with Gasteiger partial charge in [0.25, 0.3) is 17.7 Å². The van der Waals surface area contributed by atoms with Crippen LogP contribution in [0.15, 0.2) is 48.5 Å². The zero-order valence-corrected chi connectivity index (χ0v) is 16.5. The first kappa shape index (κ1) is 20.3. The van der Waals surface area contributed by atoms with E-state index in [2.05, 4.69) is 0 Å². The lowest BCUT2D eigenvalue weighted by Crippen LogP contribution is -2.44. The molecule has 29 heavy (non-hydrogen) atoms. The largest absolute Gasteiger partial charge is 0.454 e. The number of esters is 1. The third kappa shape index (κ3) is 4.03. The molecule has 0 saturated heterocycles. The summed E-state index contributed by atoms with van der Waals surface area (Å²) in [5.74, 6) is -2.27. The molecule has 3 amide bonds. The Morgan fingerprint density at radius 3 is 2.14 bits per heavy atom. The maximum absolute atomic E-state index is 12.5. The number of rotatable bonds is 6. The first-order chi connectivity index (χ1) is 13.8. The Hall–Kier alpha value is -3.48. The van der Waals surface area contributed by atoms with Crippen LogP contribution >= 0.6 is 0 Å². The van der Waals surface area contributed by atoms with E-state index in [1.165, 1.54) is 24.0 Å². The van der Waals surface area contributed by atoms with Crippen molar-refractivity contribution in [2.75, 3.05) is 13.7 Å². The van der Waals surface area contributed by atoms with E-state index in [1.807, 2.05) is 31.2 Å². The maximum Gasteiger partial charge on any atom is 0.329 e. The monoisotopic (exact) mass is 394 g/mol. The Labute approximate surface area is 168 Å². The van der Waals surface area contributed by atoms with E-state index in [4.69, 9.17) is 4.74 Å². The molecule has 0 radical (unpaired) electrons. The lowest BCUT2D eigenvalue weighted by Gasteiger charge is -2.22. The maximum atomic E-state index is 12.5. The van der Waals surface area contributed by atoms with Crippen LogP contribution in [0.4, 0.5) is 0 Å². The quantitative estimate of drug-likeness (QED) is 0.554. The third-order valence-corrected chi connectivity index (χ3v) is 4.99. The van der Waals surface area contributed by atoms with E-state index in [0.717, 1.165) is 16.0 Å². The molecular formula is C22H22N2O5. The lowest BCUT2D eigenvalue weighted by atomic mass is 10.1. The lowest BCUT2D eigenvalue weighted by molar-refractivity contribution is -0.154. The molecule has 0 aliphatic carbocycles. The van der Waals surface area contributed by atoms with Gasteiger partial charge in [0.1, 0.15) is 6.04 Å². The van der Waals surface area contributed by atoms with Crippen LogP contribution in [0.5, 0.6) is 0 Å².